The molecule has 0 aromatic carbocycles. The molecular weight excluding hydrogens is 232 g/mol. The molecule has 0 spiro atoms. The van der Waals surface area contributed by atoms with Crippen molar-refractivity contribution in [1.82, 2.24) is 20.1 Å². The molecule has 3 rings (SSSR count). The maximum Gasteiger partial charge on any atom is 0.154 e. The highest BCUT2D eigenvalue weighted by molar-refractivity contribution is 7.10. The predicted molar refractivity (Wildman–Crippen MR) is 68.2 cm³/mol. The Bertz CT molecular complexity index is 502. The third-order valence-electron chi connectivity index (χ3n) is 3.16. The third kappa shape index (κ3) is 1.89. The highest BCUT2D eigenvalue weighted by atomic mass is 32.1. The lowest BCUT2D eigenvalue weighted by atomic mass is 10.0. The van der Waals surface area contributed by atoms with Crippen molar-refractivity contribution in [1.29, 1.82) is 0 Å². The second-order valence-electron chi connectivity index (χ2n) is 4.32. The van der Waals surface area contributed by atoms with Gasteiger partial charge in [0.25, 0.3) is 0 Å². The number of thiophene rings is 1. The van der Waals surface area contributed by atoms with Gasteiger partial charge in [0.05, 0.1) is 6.04 Å². The van der Waals surface area contributed by atoms with Crippen LogP contribution in [-0.2, 0) is 13.0 Å². The highest BCUT2D eigenvalue weighted by Crippen LogP contribution is 2.30. The molecule has 0 fully saturated rings. The molecule has 0 saturated heterocycles. The van der Waals surface area contributed by atoms with Crippen molar-refractivity contribution in [3.8, 4) is 0 Å². The van der Waals surface area contributed by atoms with Gasteiger partial charge in [-0.15, -0.1) is 21.5 Å². The quantitative estimate of drug-likeness (QED) is 0.903. The molecule has 0 saturated carbocycles. The summed E-state index contributed by atoms with van der Waals surface area (Å²) < 4.78 is 2.16. The van der Waals surface area contributed by atoms with Gasteiger partial charge in [-0.1, -0.05) is 6.92 Å². The molecule has 0 bridgehead atoms. The zero-order valence-corrected chi connectivity index (χ0v) is 10.7. The lowest BCUT2D eigenvalue weighted by Crippen LogP contribution is -2.31. The molecule has 2 aromatic heterocycles. The molecule has 90 valence electrons. The molecule has 1 N–H and O–H groups in total. The van der Waals surface area contributed by atoms with E-state index in [0.29, 0.717) is 0 Å². The van der Waals surface area contributed by atoms with Crippen molar-refractivity contribution in [3.63, 3.8) is 0 Å². The third-order valence-corrected chi connectivity index (χ3v) is 4.16. The summed E-state index contributed by atoms with van der Waals surface area (Å²) in [6.07, 6.45) is 4.07. The SMILES string of the molecule is CCCn1cnnc1C1NCCc2sccc21. The van der Waals surface area contributed by atoms with E-state index < -0.39 is 0 Å². The molecule has 17 heavy (non-hydrogen) atoms. The number of fused-ring (bicyclic) bond motifs is 1. The molecule has 4 nitrogen and oxygen atoms in total. The second kappa shape index (κ2) is 4.58. The predicted octanol–water partition coefficient (Wildman–Crippen LogP) is 1.98. The van der Waals surface area contributed by atoms with Gasteiger partial charge in [0.2, 0.25) is 0 Å². The minimum absolute atomic E-state index is 0.221. The average molecular weight is 248 g/mol. The van der Waals surface area contributed by atoms with Crippen LogP contribution in [0, 0.1) is 0 Å². The van der Waals surface area contributed by atoms with Gasteiger partial charge in [-0.05, 0) is 29.9 Å². The number of aryl methyl sites for hydroxylation is 1. The lowest BCUT2D eigenvalue weighted by molar-refractivity contribution is 0.513. The van der Waals surface area contributed by atoms with Crippen LogP contribution in [0.4, 0.5) is 0 Å². The van der Waals surface area contributed by atoms with Crippen LogP contribution >= 0.6 is 11.3 Å². The monoisotopic (exact) mass is 248 g/mol. The summed E-state index contributed by atoms with van der Waals surface area (Å²) >= 11 is 1.85. The Hall–Kier alpha value is -1.20. The Balaban J connectivity index is 1.98. The molecule has 1 atom stereocenters. The topological polar surface area (TPSA) is 42.7 Å². The number of nitrogens with zero attached hydrogens (tertiary/aromatic N) is 3. The van der Waals surface area contributed by atoms with Gasteiger partial charge < -0.3 is 9.88 Å². The minimum Gasteiger partial charge on any atom is -0.316 e. The Morgan fingerprint density at radius 3 is 3.41 bits per heavy atom. The molecule has 2 aromatic rings. The molecule has 1 unspecified atom stereocenters. The van der Waals surface area contributed by atoms with Crippen molar-refractivity contribution in [2.24, 2.45) is 0 Å². The first-order valence-electron chi connectivity index (χ1n) is 6.07. The van der Waals surface area contributed by atoms with Crippen molar-refractivity contribution >= 4 is 11.3 Å². The van der Waals surface area contributed by atoms with Crippen LogP contribution in [0.2, 0.25) is 0 Å². The van der Waals surface area contributed by atoms with E-state index in [9.17, 15) is 0 Å². The maximum absolute atomic E-state index is 4.29. The number of hydrogen-bond donors (Lipinski definition) is 1. The largest absolute Gasteiger partial charge is 0.316 e. The molecule has 5 heteroatoms. The van der Waals surface area contributed by atoms with E-state index >= 15 is 0 Å². The fraction of sp³-hybridized carbons (Fsp3) is 0.500. The van der Waals surface area contributed by atoms with Crippen LogP contribution in [0.15, 0.2) is 17.8 Å². The van der Waals surface area contributed by atoms with Crippen molar-refractivity contribution in [3.05, 3.63) is 34.0 Å². The molecule has 0 radical (unpaired) electrons. The van der Waals surface area contributed by atoms with Gasteiger partial charge in [0.15, 0.2) is 5.82 Å². The van der Waals surface area contributed by atoms with Crippen LogP contribution in [0.1, 0.15) is 35.7 Å². The first-order valence-corrected chi connectivity index (χ1v) is 6.95. The van der Waals surface area contributed by atoms with Crippen molar-refractivity contribution in [2.75, 3.05) is 6.54 Å². The smallest absolute Gasteiger partial charge is 0.154 e. The fourth-order valence-corrected chi connectivity index (χ4v) is 3.30. The number of nitrogens with one attached hydrogen (secondary N) is 1. The molecule has 0 amide bonds. The van der Waals surface area contributed by atoms with E-state index in [2.05, 4.69) is 38.5 Å². The Morgan fingerprint density at radius 1 is 1.59 bits per heavy atom. The van der Waals surface area contributed by atoms with E-state index in [0.717, 1.165) is 31.8 Å². The van der Waals surface area contributed by atoms with Gasteiger partial charge in [0.1, 0.15) is 6.33 Å². The van der Waals surface area contributed by atoms with E-state index in [4.69, 9.17) is 0 Å². The summed E-state index contributed by atoms with van der Waals surface area (Å²) in [7, 11) is 0. The standard InChI is InChI=1S/C12H16N4S/c1-2-6-16-8-14-15-12(16)11-9-4-7-17-10(9)3-5-13-11/h4,7-8,11,13H,2-3,5-6H2,1H3. The van der Waals surface area contributed by atoms with Crippen LogP contribution in [-0.4, -0.2) is 21.3 Å². The van der Waals surface area contributed by atoms with E-state index in [1.165, 1.54) is 10.4 Å². The maximum atomic E-state index is 4.29. The van der Waals surface area contributed by atoms with Gasteiger partial charge in [-0.2, -0.15) is 0 Å². The van der Waals surface area contributed by atoms with E-state index in [-0.39, 0.29) is 6.04 Å². The summed E-state index contributed by atoms with van der Waals surface area (Å²) in [4.78, 5) is 1.49. The summed E-state index contributed by atoms with van der Waals surface area (Å²) in [5.41, 5.74) is 1.38. The molecule has 1 aliphatic rings. The van der Waals surface area contributed by atoms with Gasteiger partial charge in [0, 0.05) is 18.0 Å². The second-order valence-corrected chi connectivity index (χ2v) is 5.32. The van der Waals surface area contributed by atoms with Crippen molar-refractivity contribution < 1.29 is 0 Å². The van der Waals surface area contributed by atoms with Crippen LogP contribution < -0.4 is 5.32 Å². The Labute approximate surface area is 105 Å². The number of hydrogen-bond acceptors (Lipinski definition) is 4. The molecule has 1 aliphatic heterocycles. The van der Waals surface area contributed by atoms with Crippen LogP contribution in [0.3, 0.4) is 0 Å². The van der Waals surface area contributed by atoms with Gasteiger partial charge >= 0.3 is 0 Å². The summed E-state index contributed by atoms with van der Waals surface area (Å²) in [5, 5.41) is 14.1. The van der Waals surface area contributed by atoms with Crippen molar-refractivity contribution in [2.45, 2.75) is 32.4 Å². The summed E-state index contributed by atoms with van der Waals surface area (Å²) in [6.45, 7) is 4.19. The fourth-order valence-electron chi connectivity index (χ4n) is 2.38. The average Bonchev–Trinajstić information content (AvgIpc) is 2.96. The van der Waals surface area contributed by atoms with Crippen LogP contribution in [0.5, 0.6) is 0 Å². The van der Waals surface area contributed by atoms with E-state index in [1.807, 2.05) is 17.7 Å². The van der Waals surface area contributed by atoms with E-state index in [1.54, 1.807) is 0 Å². The van der Waals surface area contributed by atoms with Crippen LogP contribution in [0.25, 0.3) is 0 Å². The first-order chi connectivity index (χ1) is 8.40. The molecule has 3 heterocycles. The highest BCUT2D eigenvalue weighted by Gasteiger charge is 2.25. The summed E-state index contributed by atoms with van der Waals surface area (Å²) in [6, 6.07) is 2.43. The number of aromatic nitrogens is 3. The zero-order chi connectivity index (χ0) is 11.7. The Morgan fingerprint density at radius 2 is 2.53 bits per heavy atom. The number of rotatable bonds is 3. The minimum atomic E-state index is 0.221. The summed E-state index contributed by atoms with van der Waals surface area (Å²) in [5.74, 6) is 1.05. The Kier molecular flexibility index (Phi) is 2.94. The van der Waals surface area contributed by atoms with Gasteiger partial charge in [-0.3, -0.25) is 0 Å². The zero-order valence-electron chi connectivity index (χ0n) is 9.89. The molecular formula is C12H16N4S. The lowest BCUT2D eigenvalue weighted by Gasteiger charge is -2.23. The normalized spacial score (nSPS) is 19.2. The van der Waals surface area contributed by atoms with Gasteiger partial charge in [-0.25, -0.2) is 0 Å². The first kappa shape index (κ1) is 10.9. The molecule has 0 aliphatic carbocycles.